The molecule has 0 aromatic heterocycles. The maximum Gasteiger partial charge on any atom is 0.216 e. The summed E-state index contributed by atoms with van der Waals surface area (Å²) in [4.78, 5) is 0. The smallest absolute Gasteiger partial charge is 0.216 e. The van der Waals surface area contributed by atoms with Gasteiger partial charge in [-0.15, -0.1) is 0 Å². The Labute approximate surface area is 160 Å². The molecule has 4 nitrogen and oxygen atoms in total. The van der Waals surface area contributed by atoms with E-state index in [9.17, 15) is 8.42 Å². The Bertz CT molecular complexity index is 615. The van der Waals surface area contributed by atoms with Crippen molar-refractivity contribution in [2.45, 2.75) is 76.5 Å². The number of hydrogen-bond donors (Lipinski definition) is 2. The molecule has 1 aromatic carbocycles. The van der Waals surface area contributed by atoms with Gasteiger partial charge in [-0.2, -0.15) is 0 Å². The van der Waals surface area contributed by atoms with Crippen LogP contribution in [0.3, 0.4) is 0 Å². The molecule has 0 saturated heterocycles. The second-order valence-corrected chi connectivity index (χ2v) is 11.1. The fourth-order valence-corrected chi connectivity index (χ4v) is 4.44. The molecule has 2 rings (SSSR count). The summed E-state index contributed by atoms with van der Waals surface area (Å²) in [5, 5.41) is 3.59. The molecule has 1 saturated carbocycles. The molecule has 1 aliphatic carbocycles. The van der Waals surface area contributed by atoms with Gasteiger partial charge in [0.05, 0.1) is 4.75 Å². The molecule has 2 N–H and O–H groups in total. The lowest BCUT2D eigenvalue weighted by molar-refractivity contribution is 0.301. The second-order valence-electron chi connectivity index (χ2n) is 8.60. The van der Waals surface area contributed by atoms with Crippen molar-refractivity contribution in [2.24, 2.45) is 5.92 Å². The van der Waals surface area contributed by atoms with Crippen LogP contribution in [0.25, 0.3) is 0 Å². The van der Waals surface area contributed by atoms with E-state index in [0.29, 0.717) is 5.92 Å². The predicted octanol–water partition coefficient (Wildman–Crippen LogP) is 3.88. The first-order valence-corrected chi connectivity index (χ1v) is 11.5. The van der Waals surface area contributed by atoms with Gasteiger partial charge in [0.25, 0.3) is 0 Å². The quantitative estimate of drug-likeness (QED) is 0.639. The van der Waals surface area contributed by atoms with Crippen molar-refractivity contribution in [3.05, 3.63) is 35.9 Å². The molecule has 0 atom stereocenters. The van der Waals surface area contributed by atoms with Crippen LogP contribution in [0.15, 0.2) is 30.3 Å². The third kappa shape index (κ3) is 7.01. The van der Waals surface area contributed by atoms with Crippen LogP contribution < -0.4 is 10.0 Å². The number of aryl methyl sites for hydroxylation is 1. The first kappa shape index (κ1) is 21.4. The Morgan fingerprint density at radius 2 is 1.65 bits per heavy atom. The van der Waals surface area contributed by atoms with Gasteiger partial charge < -0.3 is 5.32 Å². The van der Waals surface area contributed by atoms with Crippen LogP contribution >= 0.6 is 0 Å². The summed E-state index contributed by atoms with van der Waals surface area (Å²) in [5.41, 5.74) is 1.42. The van der Waals surface area contributed by atoms with Gasteiger partial charge in [-0.25, -0.2) is 13.1 Å². The van der Waals surface area contributed by atoms with Crippen molar-refractivity contribution >= 4 is 10.0 Å². The SMILES string of the molecule is CC(C)(C)S(=O)(=O)N[C@H]1CC[C@H](CNCCCCc2ccccc2)CC1. The van der Waals surface area contributed by atoms with E-state index >= 15 is 0 Å². The molecule has 1 fully saturated rings. The number of rotatable bonds is 9. The Balaban J connectivity index is 1.55. The normalized spacial score (nSPS) is 21.7. The van der Waals surface area contributed by atoms with Crippen LogP contribution in [0.2, 0.25) is 0 Å². The minimum Gasteiger partial charge on any atom is -0.316 e. The highest BCUT2D eigenvalue weighted by atomic mass is 32.2. The second kappa shape index (κ2) is 9.86. The summed E-state index contributed by atoms with van der Waals surface area (Å²) >= 11 is 0. The van der Waals surface area contributed by atoms with Crippen LogP contribution in [-0.4, -0.2) is 32.3 Å². The lowest BCUT2D eigenvalue weighted by Gasteiger charge is -2.31. The summed E-state index contributed by atoms with van der Waals surface area (Å²) in [5.74, 6) is 0.680. The first-order chi connectivity index (χ1) is 12.3. The van der Waals surface area contributed by atoms with Gasteiger partial charge in [0.1, 0.15) is 0 Å². The molecule has 1 aromatic rings. The maximum absolute atomic E-state index is 12.3. The minimum atomic E-state index is -3.23. The molecule has 0 amide bonds. The van der Waals surface area contributed by atoms with Crippen LogP contribution in [0, 0.1) is 5.92 Å². The van der Waals surface area contributed by atoms with Crippen molar-refractivity contribution < 1.29 is 8.42 Å². The van der Waals surface area contributed by atoms with Crippen molar-refractivity contribution in [1.82, 2.24) is 10.0 Å². The van der Waals surface area contributed by atoms with Crippen LogP contribution in [0.4, 0.5) is 0 Å². The molecule has 0 unspecified atom stereocenters. The van der Waals surface area contributed by atoms with Crippen LogP contribution in [0.1, 0.15) is 64.9 Å². The summed E-state index contributed by atoms with van der Waals surface area (Å²) in [6, 6.07) is 10.8. The van der Waals surface area contributed by atoms with E-state index in [1.165, 1.54) is 18.4 Å². The van der Waals surface area contributed by atoms with E-state index in [2.05, 4.69) is 40.4 Å². The first-order valence-electron chi connectivity index (χ1n) is 10.0. The third-order valence-electron chi connectivity index (χ3n) is 5.32. The average Bonchev–Trinajstić information content (AvgIpc) is 2.59. The topological polar surface area (TPSA) is 58.2 Å². The Kier molecular flexibility index (Phi) is 8.11. The van der Waals surface area contributed by atoms with Crippen molar-refractivity contribution in [1.29, 1.82) is 0 Å². The van der Waals surface area contributed by atoms with E-state index < -0.39 is 14.8 Å². The zero-order valence-electron chi connectivity index (χ0n) is 16.6. The standard InChI is InChI=1S/C21H36N2O2S/c1-21(2,3)26(24,25)23-20-14-12-19(13-15-20)17-22-16-8-7-11-18-9-5-4-6-10-18/h4-6,9-10,19-20,22-23H,7-8,11-17H2,1-3H3/t19-,20-. The third-order valence-corrected chi connectivity index (χ3v) is 7.58. The van der Waals surface area contributed by atoms with Gasteiger partial charge in [-0.1, -0.05) is 30.3 Å². The molecule has 0 heterocycles. The largest absolute Gasteiger partial charge is 0.316 e. The number of sulfonamides is 1. The molecular weight excluding hydrogens is 344 g/mol. The fraction of sp³-hybridized carbons (Fsp3) is 0.714. The Morgan fingerprint density at radius 3 is 2.27 bits per heavy atom. The molecule has 0 bridgehead atoms. The van der Waals surface area contributed by atoms with E-state index in [0.717, 1.165) is 45.2 Å². The molecule has 0 aliphatic heterocycles. The summed E-state index contributed by atoms with van der Waals surface area (Å²) in [7, 11) is -3.23. The van der Waals surface area contributed by atoms with Crippen molar-refractivity contribution in [2.75, 3.05) is 13.1 Å². The summed E-state index contributed by atoms with van der Waals surface area (Å²) in [6.07, 6.45) is 7.70. The zero-order valence-corrected chi connectivity index (χ0v) is 17.4. The molecule has 26 heavy (non-hydrogen) atoms. The minimum absolute atomic E-state index is 0.112. The van der Waals surface area contributed by atoms with Crippen molar-refractivity contribution in [3.8, 4) is 0 Å². The summed E-state index contributed by atoms with van der Waals surface area (Å²) in [6.45, 7) is 7.39. The highest BCUT2D eigenvalue weighted by Gasteiger charge is 2.32. The molecule has 0 spiro atoms. The number of benzene rings is 1. The van der Waals surface area contributed by atoms with Gasteiger partial charge in [0.2, 0.25) is 10.0 Å². The lowest BCUT2D eigenvalue weighted by Crippen LogP contribution is -2.46. The molecular formula is C21H36N2O2S. The molecule has 0 radical (unpaired) electrons. The van der Waals surface area contributed by atoms with Crippen molar-refractivity contribution in [3.63, 3.8) is 0 Å². The van der Waals surface area contributed by atoms with Gasteiger partial charge in [-0.05, 0) is 90.3 Å². The Hall–Kier alpha value is -0.910. The molecule has 148 valence electrons. The number of unbranched alkanes of at least 4 members (excludes halogenated alkanes) is 1. The zero-order chi connectivity index (χ0) is 19.0. The van der Waals surface area contributed by atoms with Gasteiger partial charge in [-0.3, -0.25) is 0 Å². The van der Waals surface area contributed by atoms with E-state index in [1.807, 2.05) is 0 Å². The maximum atomic E-state index is 12.3. The average molecular weight is 381 g/mol. The van der Waals surface area contributed by atoms with E-state index in [1.54, 1.807) is 20.8 Å². The van der Waals surface area contributed by atoms with Crippen LogP contribution in [-0.2, 0) is 16.4 Å². The van der Waals surface area contributed by atoms with Gasteiger partial charge in [0.15, 0.2) is 0 Å². The highest BCUT2D eigenvalue weighted by molar-refractivity contribution is 7.90. The molecule has 5 heteroatoms. The predicted molar refractivity (Wildman–Crippen MR) is 110 cm³/mol. The number of hydrogen-bond acceptors (Lipinski definition) is 3. The number of nitrogens with one attached hydrogen (secondary N) is 2. The van der Waals surface area contributed by atoms with E-state index in [-0.39, 0.29) is 6.04 Å². The van der Waals surface area contributed by atoms with E-state index in [4.69, 9.17) is 0 Å². The fourth-order valence-electron chi connectivity index (χ4n) is 3.41. The Morgan fingerprint density at radius 1 is 1.00 bits per heavy atom. The highest BCUT2D eigenvalue weighted by Crippen LogP contribution is 2.25. The summed E-state index contributed by atoms with van der Waals surface area (Å²) < 4.78 is 26.7. The lowest BCUT2D eigenvalue weighted by atomic mass is 9.86. The monoisotopic (exact) mass is 380 g/mol. The molecule has 1 aliphatic rings. The van der Waals surface area contributed by atoms with Crippen LogP contribution in [0.5, 0.6) is 0 Å². The van der Waals surface area contributed by atoms with Gasteiger partial charge >= 0.3 is 0 Å². The van der Waals surface area contributed by atoms with Gasteiger partial charge in [0, 0.05) is 6.04 Å².